The van der Waals surface area contributed by atoms with Gasteiger partial charge in [0.25, 0.3) is 0 Å². The number of aliphatic hydroxyl groups excluding tert-OH is 1. The van der Waals surface area contributed by atoms with E-state index in [-0.39, 0.29) is 0 Å². The number of nitrogens with zero attached hydrogens (tertiary/aromatic N) is 1. The van der Waals surface area contributed by atoms with E-state index in [2.05, 4.69) is 11.8 Å². The van der Waals surface area contributed by atoms with Crippen molar-refractivity contribution in [3.63, 3.8) is 0 Å². The van der Waals surface area contributed by atoms with Crippen molar-refractivity contribution in [3.05, 3.63) is 29.8 Å². The maximum Gasteiger partial charge on any atom is 0.124 e. The zero-order valence-corrected chi connectivity index (χ0v) is 15.5. The number of benzene rings is 1. The molecule has 0 aliphatic carbocycles. The van der Waals surface area contributed by atoms with E-state index in [1.807, 2.05) is 24.3 Å². The van der Waals surface area contributed by atoms with Gasteiger partial charge in [0.1, 0.15) is 5.75 Å². The van der Waals surface area contributed by atoms with Crippen LogP contribution in [0.15, 0.2) is 24.3 Å². The minimum atomic E-state index is -0.416. The van der Waals surface area contributed by atoms with Crippen molar-refractivity contribution >= 4 is 0 Å². The molecular weight excluding hydrogens is 298 g/mol. The third kappa shape index (κ3) is 6.10. The van der Waals surface area contributed by atoms with Gasteiger partial charge in [0.05, 0.1) is 13.2 Å². The van der Waals surface area contributed by atoms with Gasteiger partial charge < -0.3 is 14.7 Å². The van der Waals surface area contributed by atoms with E-state index in [1.54, 1.807) is 7.11 Å². The van der Waals surface area contributed by atoms with E-state index in [0.717, 1.165) is 30.1 Å². The molecule has 0 radical (unpaired) electrons. The Morgan fingerprint density at radius 1 is 1.17 bits per heavy atom. The Hall–Kier alpha value is -1.06. The van der Waals surface area contributed by atoms with Gasteiger partial charge in [0.2, 0.25) is 0 Å². The van der Waals surface area contributed by atoms with Gasteiger partial charge in [-0.1, -0.05) is 44.4 Å². The number of ether oxygens (including phenoxy) is 1. The molecule has 1 unspecified atom stereocenters. The highest BCUT2D eigenvalue weighted by Crippen LogP contribution is 2.28. The lowest BCUT2D eigenvalue weighted by Crippen LogP contribution is -2.34. The lowest BCUT2D eigenvalue weighted by Gasteiger charge is -2.32. The highest BCUT2D eigenvalue weighted by molar-refractivity contribution is 5.34. The molecule has 0 bridgehead atoms. The first-order valence-electron chi connectivity index (χ1n) is 9.78. The second kappa shape index (κ2) is 10.7. The Balaban J connectivity index is 1.61. The smallest absolute Gasteiger partial charge is 0.124 e. The van der Waals surface area contributed by atoms with Gasteiger partial charge in [-0.15, -0.1) is 0 Å². The molecule has 0 saturated carbocycles. The average Bonchev–Trinajstić information content (AvgIpc) is 2.64. The molecule has 3 nitrogen and oxygen atoms in total. The number of likely N-dealkylation sites (tertiary alicyclic amines) is 1. The Morgan fingerprint density at radius 2 is 1.92 bits per heavy atom. The maximum atomic E-state index is 10.4. The van der Waals surface area contributed by atoms with Gasteiger partial charge >= 0.3 is 0 Å². The van der Waals surface area contributed by atoms with E-state index in [4.69, 9.17) is 4.74 Å². The van der Waals surface area contributed by atoms with Crippen LogP contribution in [-0.2, 0) is 0 Å². The summed E-state index contributed by atoms with van der Waals surface area (Å²) >= 11 is 0. The van der Waals surface area contributed by atoms with Crippen LogP contribution >= 0.6 is 0 Å². The molecule has 2 rings (SSSR count). The summed E-state index contributed by atoms with van der Waals surface area (Å²) in [4.78, 5) is 2.61. The number of rotatable bonds is 10. The molecule has 1 heterocycles. The first-order chi connectivity index (χ1) is 11.7. The quantitative estimate of drug-likeness (QED) is 0.624. The topological polar surface area (TPSA) is 32.7 Å². The van der Waals surface area contributed by atoms with Crippen LogP contribution in [0.1, 0.15) is 70.0 Å². The minimum Gasteiger partial charge on any atom is -0.496 e. The van der Waals surface area contributed by atoms with Crippen LogP contribution in [0.3, 0.4) is 0 Å². The van der Waals surface area contributed by atoms with Crippen molar-refractivity contribution in [3.8, 4) is 5.75 Å². The van der Waals surface area contributed by atoms with Crippen molar-refractivity contribution in [2.45, 2.75) is 64.4 Å². The van der Waals surface area contributed by atoms with Crippen molar-refractivity contribution in [2.75, 3.05) is 26.7 Å². The first kappa shape index (κ1) is 19.3. The van der Waals surface area contributed by atoms with Crippen LogP contribution < -0.4 is 4.74 Å². The molecular formula is C21H35NO2. The van der Waals surface area contributed by atoms with Crippen LogP contribution in [0.4, 0.5) is 0 Å². The molecule has 0 aromatic heterocycles. The zero-order valence-electron chi connectivity index (χ0n) is 15.5. The molecule has 1 aromatic carbocycles. The number of unbranched alkanes of at least 4 members (excludes halogenated alkanes) is 2. The van der Waals surface area contributed by atoms with Crippen molar-refractivity contribution in [1.29, 1.82) is 0 Å². The van der Waals surface area contributed by atoms with Crippen LogP contribution in [0.2, 0.25) is 0 Å². The summed E-state index contributed by atoms with van der Waals surface area (Å²) in [6.45, 7) is 6.00. The zero-order chi connectivity index (χ0) is 17.2. The maximum absolute atomic E-state index is 10.4. The van der Waals surface area contributed by atoms with Crippen LogP contribution in [0.25, 0.3) is 0 Å². The predicted octanol–water partition coefficient (Wildman–Crippen LogP) is 4.80. The molecule has 3 heteroatoms. The van der Waals surface area contributed by atoms with Gasteiger partial charge in [-0.05, 0) is 63.7 Å². The fraction of sp³-hybridized carbons (Fsp3) is 0.714. The second-order valence-electron chi connectivity index (χ2n) is 7.18. The summed E-state index contributed by atoms with van der Waals surface area (Å²) in [6, 6.07) is 7.79. The number of hydrogen-bond donors (Lipinski definition) is 1. The Bertz CT molecular complexity index is 455. The van der Waals surface area contributed by atoms with Gasteiger partial charge in [-0.3, -0.25) is 0 Å². The van der Waals surface area contributed by atoms with Crippen LogP contribution in [0.5, 0.6) is 5.75 Å². The minimum absolute atomic E-state index is 0.416. The molecule has 0 spiro atoms. The lowest BCUT2D eigenvalue weighted by atomic mass is 9.91. The number of para-hydroxylation sites is 1. The highest BCUT2D eigenvalue weighted by atomic mass is 16.5. The van der Waals surface area contributed by atoms with Gasteiger partial charge in [-0.25, -0.2) is 0 Å². The number of methoxy groups -OCH3 is 1. The predicted molar refractivity (Wildman–Crippen MR) is 100 cm³/mol. The summed E-state index contributed by atoms with van der Waals surface area (Å²) in [5.74, 6) is 1.76. The molecule has 1 fully saturated rings. The van der Waals surface area contributed by atoms with E-state index in [9.17, 15) is 5.11 Å². The third-order valence-corrected chi connectivity index (χ3v) is 5.37. The Morgan fingerprint density at radius 3 is 2.62 bits per heavy atom. The molecule has 1 N–H and O–H groups in total. The fourth-order valence-corrected chi connectivity index (χ4v) is 3.76. The molecule has 1 saturated heterocycles. The van der Waals surface area contributed by atoms with Crippen LogP contribution in [0, 0.1) is 5.92 Å². The van der Waals surface area contributed by atoms with Gasteiger partial charge in [-0.2, -0.15) is 0 Å². The summed E-state index contributed by atoms with van der Waals surface area (Å²) in [5.41, 5.74) is 0.914. The highest BCUT2D eigenvalue weighted by Gasteiger charge is 2.18. The second-order valence-corrected chi connectivity index (χ2v) is 7.18. The van der Waals surface area contributed by atoms with Gasteiger partial charge in [0, 0.05) is 5.56 Å². The monoisotopic (exact) mass is 333 g/mol. The standard InChI is InChI=1S/C21H35NO2/c1-3-4-9-18-13-16-22(17-14-18)15-8-7-11-20(23)19-10-5-6-12-21(19)24-2/h5-6,10,12,18,20,23H,3-4,7-9,11,13-17H2,1-2H3. The van der Waals surface area contributed by atoms with Crippen LogP contribution in [-0.4, -0.2) is 36.8 Å². The molecule has 1 aliphatic heterocycles. The van der Waals surface area contributed by atoms with Crippen molar-refractivity contribution in [2.24, 2.45) is 5.92 Å². The molecule has 1 aromatic rings. The fourth-order valence-electron chi connectivity index (χ4n) is 3.76. The number of hydrogen-bond acceptors (Lipinski definition) is 3. The van der Waals surface area contributed by atoms with E-state index in [1.165, 1.54) is 58.2 Å². The largest absolute Gasteiger partial charge is 0.496 e. The molecule has 136 valence electrons. The summed E-state index contributed by atoms with van der Waals surface area (Å²) in [6.07, 6.45) is 9.54. The average molecular weight is 334 g/mol. The summed E-state index contributed by atoms with van der Waals surface area (Å²) in [5, 5.41) is 10.4. The van der Waals surface area contributed by atoms with Gasteiger partial charge in [0.15, 0.2) is 0 Å². The normalized spacial score (nSPS) is 17.8. The molecule has 24 heavy (non-hydrogen) atoms. The molecule has 0 amide bonds. The van der Waals surface area contributed by atoms with E-state index in [0.29, 0.717) is 0 Å². The number of piperidine rings is 1. The summed E-state index contributed by atoms with van der Waals surface area (Å²) < 4.78 is 5.34. The molecule has 1 aliphatic rings. The van der Waals surface area contributed by atoms with E-state index < -0.39 is 6.10 Å². The first-order valence-corrected chi connectivity index (χ1v) is 9.78. The van der Waals surface area contributed by atoms with Crippen molar-refractivity contribution in [1.82, 2.24) is 4.90 Å². The SMILES string of the molecule is CCCCC1CCN(CCCCC(O)c2ccccc2OC)CC1. The third-order valence-electron chi connectivity index (χ3n) is 5.37. The summed E-state index contributed by atoms with van der Waals surface area (Å²) in [7, 11) is 1.66. The Kier molecular flexibility index (Phi) is 8.62. The van der Waals surface area contributed by atoms with Crippen molar-refractivity contribution < 1.29 is 9.84 Å². The van der Waals surface area contributed by atoms with E-state index >= 15 is 0 Å². The Labute approximate surface area is 148 Å². The number of aliphatic hydroxyl groups is 1. The lowest BCUT2D eigenvalue weighted by molar-refractivity contribution is 0.149. The molecule has 1 atom stereocenters.